The van der Waals surface area contributed by atoms with E-state index < -0.39 is 16.2 Å². The summed E-state index contributed by atoms with van der Waals surface area (Å²) in [6.07, 6.45) is 0.144. The molecule has 2 N–H and O–H groups in total. The van der Waals surface area contributed by atoms with Crippen LogP contribution in [-0.4, -0.2) is 27.9 Å². The summed E-state index contributed by atoms with van der Waals surface area (Å²) in [4.78, 5) is 10.1. The summed E-state index contributed by atoms with van der Waals surface area (Å²) in [6, 6.07) is 5.54. The Kier molecular flexibility index (Phi) is 3.67. The lowest BCUT2D eigenvalue weighted by molar-refractivity contribution is 0.483. The zero-order valence-corrected chi connectivity index (χ0v) is 10.3. The fraction of sp³-hybridized carbons (Fsp3) is 0.100. The van der Waals surface area contributed by atoms with Crippen LogP contribution in [0.2, 0.25) is 0 Å². The van der Waals surface area contributed by atoms with E-state index in [0.717, 1.165) is 6.33 Å². The van der Waals surface area contributed by atoms with Crippen LogP contribution in [0.3, 0.4) is 0 Å². The van der Waals surface area contributed by atoms with Gasteiger partial charge in [-0.2, -0.15) is 22.8 Å². The number of anilines is 1. The van der Waals surface area contributed by atoms with Crippen LogP contribution in [-0.2, 0) is 16.7 Å². The number of nitrogens with one attached hydrogen (secondary N) is 1. The summed E-state index contributed by atoms with van der Waals surface area (Å²) in [5, 5.41) is 2.75. The normalized spacial score (nSPS) is 11.3. The van der Waals surface area contributed by atoms with E-state index in [1.807, 2.05) is 0 Å². The molecule has 100 valence electrons. The number of rotatable bonds is 4. The van der Waals surface area contributed by atoms with E-state index in [2.05, 4.69) is 20.3 Å². The lowest BCUT2D eigenvalue weighted by atomic mass is 10.2. The van der Waals surface area contributed by atoms with Crippen molar-refractivity contribution in [3.63, 3.8) is 0 Å². The molecule has 9 heteroatoms. The van der Waals surface area contributed by atoms with Crippen molar-refractivity contribution in [1.29, 1.82) is 0 Å². The summed E-state index contributed by atoms with van der Waals surface area (Å²) >= 11 is 0. The van der Waals surface area contributed by atoms with E-state index in [4.69, 9.17) is 4.55 Å². The summed E-state index contributed by atoms with van der Waals surface area (Å²) < 4.78 is 43.2. The van der Waals surface area contributed by atoms with Gasteiger partial charge in [-0.1, -0.05) is 12.1 Å². The SMILES string of the molecule is O=S(=O)(O)c1ccc(CNc2ncnc(F)n2)cc1. The summed E-state index contributed by atoms with van der Waals surface area (Å²) in [5.74, 6) is 0.0753. The van der Waals surface area contributed by atoms with Crippen molar-refractivity contribution in [2.24, 2.45) is 0 Å². The highest BCUT2D eigenvalue weighted by Crippen LogP contribution is 2.11. The Hall–Kier alpha value is -2.13. The molecule has 0 saturated carbocycles. The molecular weight excluding hydrogens is 275 g/mol. The Bertz CT molecular complexity index is 675. The quantitative estimate of drug-likeness (QED) is 0.802. The number of nitrogens with zero attached hydrogens (tertiary/aromatic N) is 3. The van der Waals surface area contributed by atoms with Crippen LogP contribution >= 0.6 is 0 Å². The molecule has 0 saturated heterocycles. The van der Waals surface area contributed by atoms with Gasteiger partial charge in [0.25, 0.3) is 10.1 Å². The van der Waals surface area contributed by atoms with E-state index in [1.165, 1.54) is 24.3 Å². The Morgan fingerprint density at radius 1 is 1.21 bits per heavy atom. The monoisotopic (exact) mass is 284 g/mol. The first-order valence-electron chi connectivity index (χ1n) is 5.10. The molecular formula is C10H9FN4O3S. The third kappa shape index (κ3) is 3.66. The van der Waals surface area contributed by atoms with Crippen molar-refractivity contribution < 1.29 is 17.4 Å². The Morgan fingerprint density at radius 3 is 2.47 bits per heavy atom. The van der Waals surface area contributed by atoms with Crippen LogP contribution in [0.1, 0.15) is 5.56 Å². The van der Waals surface area contributed by atoms with Crippen LogP contribution in [0.25, 0.3) is 0 Å². The maximum atomic E-state index is 12.7. The van der Waals surface area contributed by atoms with Gasteiger partial charge in [0.1, 0.15) is 6.33 Å². The molecule has 7 nitrogen and oxygen atoms in total. The number of hydrogen-bond acceptors (Lipinski definition) is 6. The van der Waals surface area contributed by atoms with Crippen LogP contribution in [0.4, 0.5) is 10.3 Å². The van der Waals surface area contributed by atoms with Gasteiger partial charge in [0.05, 0.1) is 4.90 Å². The molecule has 0 amide bonds. The van der Waals surface area contributed by atoms with Gasteiger partial charge in [0.2, 0.25) is 5.95 Å². The third-order valence-corrected chi connectivity index (χ3v) is 3.08. The minimum atomic E-state index is -4.20. The predicted octanol–water partition coefficient (Wildman–Crippen LogP) is 0.870. The van der Waals surface area contributed by atoms with Gasteiger partial charge in [0, 0.05) is 6.54 Å². The predicted molar refractivity (Wildman–Crippen MR) is 63.4 cm³/mol. The Balaban J connectivity index is 2.05. The van der Waals surface area contributed by atoms with Crippen molar-refractivity contribution in [1.82, 2.24) is 15.0 Å². The number of aromatic nitrogens is 3. The van der Waals surface area contributed by atoms with Crippen molar-refractivity contribution in [2.45, 2.75) is 11.4 Å². The molecule has 1 heterocycles. The molecule has 0 atom stereocenters. The van der Waals surface area contributed by atoms with E-state index in [9.17, 15) is 12.8 Å². The first-order chi connectivity index (χ1) is 8.95. The molecule has 0 aliphatic rings. The minimum absolute atomic E-state index is 0.0753. The molecule has 19 heavy (non-hydrogen) atoms. The molecule has 1 aromatic carbocycles. The van der Waals surface area contributed by atoms with Gasteiger partial charge < -0.3 is 5.32 Å². The first-order valence-corrected chi connectivity index (χ1v) is 6.54. The summed E-state index contributed by atoms with van der Waals surface area (Å²) in [7, 11) is -4.20. The summed E-state index contributed by atoms with van der Waals surface area (Å²) in [5.41, 5.74) is 0.716. The number of benzene rings is 1. The second kappa shape index (κ2) is 5.24. The van der Waals surface area contributed by atoms with E-state index in [-0.39, 0.29) is 17.4 Å². The zero-order valence-electron chi connectivity index (χ0n) is 9.49. The standard InChI is InChI=1S/C10H9FN4O3S/c11-9-13-6-14-10(15-9)12-5-7-1-3-8(4-2-7)19(16,17)18/h1-4,6H,5H2,(H,16,17,18)(H,12,13,14,15). The van der Waals surface area contributed by atoms with Gasteiger partial charge in [0.15, 0.2) is 0 Å². The fourth-order valence-corrected chi connectivity index (χ4v) is 1.80. The van der Waals surface area contributed by atoms with Gasteiger partial charge in [-0.3, -0.25) is 4.55 Å². The third-order valence-electron chi connectivity index (χ3n) is 2.21. The number of halogens is 1. The number of hydrogen-bond donors (Lipinski definition) is 2. The van der Waals surface area contributed by atoms with Crippen molar-refractivity contribution in [3.05, 3.63) is 42.2 Å². The molecule has 0 bridgehead atoms. The smallest absolute Gasteiger partial charge is 0.313 e. The molecule has 1 aromatic heterocycles. The lowest BCUT2D eigenvalue weighted by Gasteiger charge is -2.04. The van der Waals surface area contributed by atoms with Crippen molar-refractivity contribution >= 4 is 16.1 Å². The van der Waals surface area contributed by atoms with Gasteiger partial charge in [-0.05, 0) is 17.7 Å². The maximum Gasteiger partial charge on any atom is 0.313 e. The van der Waals surface area contributed by atoms with Crippen LogP contribution in [0, 0.1) is 6.08 Å². The zero-order chi connectivity index (χ0) is 13.9. The van der Waals surface area contributed by atoms with Crippen LogP contribution in [0.5, 0.6) is 0 Å². The molecule has 0 radical (unpaired) electrons. The highest BCUT2D eigenvalue weighted by molar-refractivity contribution is 7.85. The molecule has 2 rings (SSSR count). The highest BCUT2D eigenvalue weighted by atomic mass is 32.2. The largest absolute Gasteiger partial charge is 0.350 e. The lowest BCUT2D eigenvalue weighted by Crippen LogP contribution is -2.06. The molecule has 0 unspecified atom stereocenters. The van der Waals surface area contributed by atoms with Crippen molar-refractivity contribution in [3.8, 4) is 0 Å². The summed E-state index contributed by atoms with van der Waals surface area (Å²) in [6.45, 7) is 0.273. The molecule has 2 aromatic rings. The second-order valence-corrected chi connectivity index (χ2v) is 4.97. The van der Waals surface area contributed by atoms with E-state index in [1.54, 1.807) is 0 Å². The van der Waals surface area contributed by atoms with Crippen molar-refractivity contribution in [2.75, 3.05) is 5.32 Å². The van der Waals surface area contributed by atoms with Crippen LogP contribution < -0.4 is 5.32 Å². The van der Waals surface area contributed by atoms with Gasteiger partial charge >= 0.3 is 6.08 Å². The average Bonchev–Trinajstić information content (AvgIpc) is 2.36. The minimum Gasteiger partial charge on any atom is -0.350 e. The molecule has 0 aliphatic carbocycles. The average molecular weight is 284 g/mol. The van der Waals surface area contributed by atoms with Gasteiger partial charge in [-0.15, -0.1) is 0 Å². The topological polar surface area (TPSA) is 105 Å². The second-order valence-electron chi connectivity index (χ2n) is 3.55. The van der Waals surface area contributed by atoms with Gasteiger partial charge in [-0.25, -0.2) is 4.98 Å². The molecule has 0 aliphatic heterocycles. The fourth-order valence-electron chi connectivity index (χ4n) is 1.32. The maximum absolute atomic E-state index is 12.7. The molecule has 0 spiro atoms. The van der Waals surface area contributed by atoms with E-state index >= 15 is 0 Å². The highest BCUT2D eigenvalue weighted by Gasteiger charge is 2.08. The van der Waals surface area contributed by atoms with Crippen LogP contribution in [0.15, 0.2) is 35.5 Å². The molecule has 0 fully saturated rings. The Labute approximate surface area is 108 Å². The Morgan fingerprint density at radius 2 is 1.89 bits per heavy atom. The first kappa shape index (κ1) is 13.3. The van der Waals surface area contributed by atoms with E-state index in [0.29, 0.717) is 5.56 Å².